The first kappa shape index (κ1) is 26.8. The molecule has 0 aliphatic carbocycles. The number of nitrogens with zero attached hydrogens (tertiary/aromatic N) is 5. The van der Waals surface area contributed by atoms with Crippen LogP contribution in [0.1, 0.15) is 42.9 Å². The van der Waals surface area contributed by atoms with Gasteiger partial charge in [-0.2, -0.15) is 5.10 Å². The summed E-state index contributed by atoms with van der Waals surface area (Å²) in [6, 6.07) is 15.7. The minimum atomic E-state index is -0.223. The Hall–Kier alpha value is -3.75. The topological polar surface area (TPSA) is 60.7 Å². The minimum absolute atomic E-state index is 0.223. The maximum Gasteiger partial charge on any atom is 0.158 e. The predicted octanol–water partition coefficient (Wildman–Crippen LogP) is 5.86. The van der Waals surface area contributed by atoms with Crippen LogP contribution in [-0.4, -0.2) is 52.2 Å². The van der Waals surface area contributed by atoms with Crippen LogP contribution < -0.4 is 15.5 Å². The van der Waals surface area contributed by atoms with Gasteiger partial charge in [-0.3, -0.25) is 4.90 Å². The molecule has 1 saturated heterocycles. The van der Waals surface area contributed by atoms with Crippen LogP contribution in [0.3, 0.4) is 0 Å². The van der Waals surface area contributed by atoms with Crippen LogP contribution in [0.5, 0.6) is 0 Å². The predicted molar refractivity (Wildman–Crippen MR) is 158 cm³/mol. The summed E-state index contributed by atoms with van der Waals surface area (Å²) >= 11 is 0. The maximum atomic E-state index is 13.7. The molecule has 7 nitrogen and oxygen atoms in total. The number of rotatable bonds is 11. The highest BCUT2D eigenvalue weighted by Crippen LogP contribution is 2.30. The highest BCUT2D eigenvalue weighted by Gasteiger charge is 2.20. The summed E-state index contributed by atoms with van der Waals surface area (Å²) in [6.07, 6.45) is 8.97. The van der Waals surface area contributed by atoms with Crippen LogP contribution in [0.2, 0.25) is 0 Å². The van der Waals surface area contributed by atoms with Crippen molar-refractivity contribution >= 4 is 28.8 Å². The van der Waals surface area contributed by atoms with E-state index in [1.165, 1.54) is 30.9 Å². The summed E-state index contributed by atoms with van der Waals surface area (Å²) in [5, 5.41) is 11.6. The molecular weight excluding hydrogens is 489 g/mol. The number of likely N-dealkylation sites (tertiary alicyclic amines) is 1. The smallest absolute Gasteiger partial charge is 0.158 e. The molecule has 39 heavy (non-hydrogen) atoms. The maximum absolute atomic E-state index is 13.7. The second kappa shape index (κ2) is 12.4. The largest absolute Gasteiger partial charge is 0.370 e. The van der Waals surface area contributed by atoms with Crippen LogP contribution in [0.25, 0.3) is 11.6 Å². The number of anilines is 3. The van der Waals surface area contributed by atoms with Crippen LogP contribution >= 0.6 is 0 Å². The first-order valence-corrected chi connectivity index (χ1v) is 13.8. The molecule has 5 rings (SSSR count). The second-order valence-electron chi connectivity index (χ2n) is 10.3. The van der Waals surface area contributed by atoms with E-state index in [0.29, 0.717) is 12.6 Å². The summed E-state index contributed by atoms with van der Waals surface area (Å²) in [6.45, 7) is 11.0. The molecule has 2 aromatic carbocycles. The normalized spacial score (nSPS) is 14.5. The zero-order chi connectivity index (χ0) is 27.2. The summed E-state index contributed by atoms with van der Waals surface area (Å²) in [7, 11) is 2.00. The Morgan fingerprint density at radius 3 is 2.77 bits per heavy atom. The fourth-order valence-corrected chi connectivity index (χ4v) is 5.40. The number of hydrogen-bond acceptors (Lipinski definition) is 6. The van der Waals surface area contributed by atoms with Gasteiger partial charge in [0.1, 0.15) is 17.7 Å². The molecular formula is C31H38FN7. The van der Waals surface area contributed by atoms with E-state index in [1.807, 2.05) is 36.0 Å². The zero-order valence-electron chi connectivity index (χ0n) is 22.9. The van der Waals surface area contributed by atoms with Gasteiger partial charge in [-0.05, 0) is 92.0 Å². The van der Waals surface area contributed by atoms with Crippen molar-refractivity contribution in [1.29, 1.82) is 0 Å². The monoisotopic (exact) mass is 527 g/mol. The number of fused-ring (bicyclic) bond motifs is 1. The Morgan fingerprint density at radius 1 is 1.15 bits per heavy atom. The highest BCUT2D eigenvalue weighted by atomic mass is 19.1. The summed E-state index contributed by atoms with van der Waals surface area (Å²) in [4.78, 5) is 9.23. The molecule has 0 saturated carbocycles. The van der Waals surface area contributed by atoms with E-state index in [1.54, 1.807) is 18.5 Å². The average molecular weight is 528 g/mol. The Morgan fingerprint density at radius 2 is 2.00 bits per heavy atom. The van der Waals surface area contributed by atoms with Gasteiger partial charge in [0.25, 0.3) is 0 Å². The summed E-state index contributed by atoms with van der Waals surface area (Å²) in [5.41, 5.74) is 6.06. The molecule has 0 amide bonds. The van der Waals surface area contributed by atoms with Crippen molar-refractivity contribution in [3.05, 3.63) is 90.1 Å². The van der Waals surface area contributed by atoms with E-state index in [-0.39, 0.29) is 5.82 Å². The van der Waals surface area contributed by atoms with Gasteiger partial charge in [-0.1, -0.05) is 31.7 Å². The van der Waals surface area contributed by atoms with Crippen LogP contribution in [0, 0.1) is 5.82 Å². The van der Waals surface area contributed by atoms with Crippen molar-refractivity contribution in [1.82, 2.24) is 24.8 Å². The summed E-state index contributed by atoms with van der Waals surface area (Å²) in [5.74, 6) is 0.555. The minimum Gasteiger partial charge on any atom is -0.370 e. The molecule has 2 aromatic heterocycles. The van der Waals surface area contributed by atoms with Crippen molar-refractivity contribution in [2.45, 2.75) is 45.3 Å². The van der Waals surface area contributed by atoms with Crippen LogP contribution in [0.15, 0.2) is 67.6 Å². The quantitative estimate of drug-likeness (QED) is 0.255. The lowest BCUT2D eigenvalue weighted by Crippen LogP contribution is -2.42. The molecule has 0 radical (unpaired) electrons. The number of halogens is 1. The van der Waals surface area contributed by atoms with Crippen molar-refractivity contribution in [2.24, 2.45) is 0 Å². The van der Waals surface area contributed by atoms with Gasteiger partial charge in [0.05, 0.1) is 0 Å². The third kappa shape index (κ3) is 6.46. The van der Waals surface area contributed by atoms with E-state index in [4.69, 9.17) is 0 Å². The van der Waals surface area contributed by atoms with Crippen molar-refractivity contribution in [2.75, 3.05) is 36.9 Å². The molecule has 4 aromatic rings. The van der Waals surface area contributed by atoms with Gasteiger partial charge >= 0.3 is 0 Å². The fraction of sp³-hybridized carbons (Fsp3) is 0.355. The molecule has 0 atom stereocenters. The number of piperidine rings is 1. The molecule has 1 aliphatic heterocycles. The number of aromatic nitrogens is 3. The van der Waals surface area contributed by atoms with Gasteiger partial charge < -0.3 is 15.5 Å². The van der Waals surface area contributed by atoms with E-state index in [0.717, 1.165) is 60.0 Å². The Balaban J connectivity index is 1.31. The van der Waals surface area contributed by atoms with Gasteiger partial charge in [-0.15, -0.1) is 0 Å². The molecule has 1 aliphatic rings. The lowest BCUT2D eigenvalue weighted by atomic mass is 10.0. The third-order valence-corrected chi connectivity index (χ3v) is 7.43. The van der Waals surface area contributed by atoms with E-state index in [2.05, 4.69) is 62.2 Å². The molecule has 0 spiro atoms. The van der Waals surface area contributed by atoms with Crippen LogP contribution in [-0.2, 0) is 13.1 Å². The van der Waals surface area contributed by atoms with Gasteiger partial charge in [0.2, 0.25) is 0 Å². The average Bonchev–Trinajstić information content (AvgIpc) is 3.36. The Labute approximate surface area is 230 Å². The zero-order valence-corrected chi connectivity index (χ0v) is 22.9. The molecule has 204 valence electrons. The van der Waals surface area contributed by atoms with Crippen molar-refractivity contribution < 1.29 is 4.39 Å². The van der Waals surface area contributed by atoms with Crippen LogP contribution in [0.4, 0.5) is 21.6 Å². The molecule has 1 fully saturated rings. The summed E-state index contributed by atoms with van der Waals surface area (Å²) < 4.78 is 15.6. The lowest BCUT2D eigenvalue weighted by molar-refractivity contribution is 0.191. The van der Waals surface area contributed by atoms with Crippen molar-refractivity contribution in [3.63, 3.8) is 0 Å². The van der Waals surface area contributed by atoms with Gasteiger partial charge in [-0.25, -0.2) is 13.9 Å². The molecule has 0 unspecified atom stereocenters. The van der Waals surface area contributed by atoms with Gasteiger partial charge in [0.15, 0.2) is 5.82 Å². The molecule has 8 heteroatoms. The highest BCUT2D eigenvalue weighted by molar-refractivity contribution is 5.79. The second-order valence-corrected chi connectivity index (χ2v) is 10.3. The first-order chi connectivity index (χ1) is 19.0. The van der Waals surface area contributed by atoms with Crippen molar-refractivity contribution in [3.8, 4) is 0 Å². The van der Waals surface area contributed by atoms with E-state index < -0.39 is 0 Å². The number of benzene rings is 2. The molecule has 3 heterocycles. The number of hydrogen-bond donors (Lipinski definition) is 2. The Kier molecular flexibility index (Phi) is 8.54. The third-order valence-electron chi connectivity index (χ3n) is 7.43. The SMILES string of the molecule is C=Cc1cc(Nc2ncnn3ccc(CN4CCC(NCCC)CC4)c23)ccc1N(C)Cc1cccc(F)c1. The first-order valence-electron chi connectivity index (χ1n) is 13.8. The lowest BCUT2D eigenvalue weighted by Gasteiger charge is -2.32. The van der Waals surface area contributed by atoms with Gasteiger partial charge in [0, 0.05) is 43.8 Å². The van der Waals surface area contributed by atoms with E-state index in [9.17, 15) is 4.39 Å². The molecule has 0 bridgehead atoms. The molecule has 2 N–H and O–H groups in total. The Bertz CT molecular complexity index is 1410. The standard InChI is InChI=1S/C31H38FN7/c1-4-14-33-27-12-15-38(16-13-27)21-25-11-17-39-30(25)31(34-22-35-39)36-28-9-10-29(24(5-2)19-28)37(3)20-23-7-6-8-26(32)18-23/h5-11,17-19,22,27,33H,2,4,12-16,20-21H2,1,3H3,(H,34,35,36). The van der Waals surface area contributed by atoms with E-state index >= 15 is 0 Å². The number of nitrogens with one attached hydrogen (secondary N) is 2. The fourth-order valence-electron chi connectivity index (χ4n) is 5.40.